The van der Waals surface area contributed by atoms with E-state index in [1.807, 2.05) is 0 Å². The van der Waals surface area contributed by atoms with Crippen LogP contribution in [0.5, 0.6) is 11.6 Å². The van der Waals surface area contributed by atoms with Crippen molar-refractivity contribution in [2.24, 2.45) is 0 Å². The second kappa shape index (κ2) is 5.38. The van der Waals surface area contributed by atoms with Crippen molar-refractivity contribution in [2.75, 3.05) is 0 Å². The largest absolute Gasteiger partial charge is 0.437 e. The van der Waals surface area contributed by atoms with Gasteiger partial charge in [-0.25, -0.2) is 4.98 Å². The summed E-state index contributed by atoms with van der Waals surface area (Å²) in [5.41, 5.74) is 0.566. The lowest BCUT2D eigenvalue weighted by atomic mass is 10.2. The third-order valence-corrected chi connectivity index (χ3v) is 2.70. The van der Waals surface area contributed by atoms with E-state index in [-0.39, 0.29) is 21.9 Å². The van der Waals surface area contributed by atoms with Gasteiger partial charge in [-0.1, -0.05) is 11.6 Å². The van der Waals surface area contributed by atoms with Gasteiger partial charge in [0.15, 0.2) is 0 Å². The smallest absolute Gasteiger partial charge is 0.269 e. The molecule has 1 aromatic heterocycles. The molecule has 0 fully saturated rings. The number of hydrogen-bond acceptors (Lipinski definition) is 5. The Bertz CT molecular complexity index is 649. The molecule has 1 heterocycles. The SMILES string of the molecule is Cc1cc([N+](=O)[O-])ccc1Oc1nc(Cl)ncc1Cl. The number of hydrogen-bond donors (Lipinski definition) is 0. The van der Waals surface area contributed by atoms with E-state index in [1.165, 1.54) is 24.4 Å². The van der Waals surface area contributed by atoms with Crippen molar-refractivity contribution in [3.05, 3.63) is 50.4 Å². The van der Waals surface area contributed by atoms with E-state index in [1.54, 1.807) is 6.92 Å². The van der Waals surface area contributed by atoms with Gasteiger partial charge in [0.1, 0.15) is 10.8 Å². The zero-order valence-corrected chi connectivity index (χ0v) is 11.1. The summed E-state index contributed by atoms with van der Waals surface area (Å²) in [6.45, 7) is 1.68. The van der Waals surface area contributed by atoms with Gasteiger partial charge in [0, 0.05) is 12.1 Å². The molecule has 0 aliphatic heterocycles. The van der Waals surface area contributed by atoms with E-state index in [0.717, 1.165) is 0 Å². The molecule has 0 amide bonds. The second-order valence-corrected chi connectivity index (χ2v) is 4.35. The minimum absolute atomic E-state index is 0.000959. The zero-order chi connectivity index (χ0) is 14.0. The summed E-state index contributed by atoms with van der Waals surface area (Å²) in [6, 6.07) is 4.20. The summed E-state index contributed by atoms with van der Waals surface area (Å²) < 4.78 is 5.47. The van der Waals surface area contributed by atoms with Crippen molar-refractivity contribution in [1.29, 1.82) is 0 Å². The number of nitrogens with zero attached hydrogens (tertiary/aromatic N) is 3. The molecule has 0 unspecified atom stereocenters. The maximum Gasteiger partial charge on any atom is 0.269 e. The van der Waals surface area contributed by atoms with Crippen LogP contribution in [-0.2, 0) is 0 Å². The van der Waals surface area contributed by atoms with Crippen molar-refractivity contribution < 1.29 is 9.66 Å². The van der Waals surface area contributed by atoms with Crippen molar-refractivity contribution in [3.63, 3.8) is 0 Å². The predicted molar refractivity (Wildman–Crippen MR) is 70.0 cm³/mol. The van der Waals surface area contributed by atoms with Crippen LogP contribution in [0, 0.1) is 17.0 Å². The van der Waals surface area contributed by atoms with Crippen molar-refractivity contribution in [1.82, 2.24) is 9.97 Å². The minimum atomic E-state index is -0.481. The summed E-state index contributed by atoms with van der Waals surface area (Å²) in [7, 11) is 0. The topological polar surface area (TPSA) is 78.2 Å². The van der Waals surface area contributed by atoms with E-state index < -0.39 is 4.92 Å². The molecule has 2 rings (SSSR count). The average molecular weight is 300 g/mol. The highest BCUT2D eigenvalue weighted by atomic mass is 35.5. The normalized spacial score (nSPS) is 10.3. The molecule has 0 N–H and O–H groups in total. The Labute approximate surface area is 118 Å². The van der Waals surface area contributed by atoms with E-state index in [9.17, 15) is 10.1 Å². The molecule has 0 saturated carbocycles. The van der Waals surface area contributed by atoms with Crippen LogP contribution in [0.1, 0.15) is 5.56 Å². The fraction of sp³-hybridized carbons (Fsp3) is 0.0909. The lowest BCUT2D eigenvalue weighted by molar-refractivity contribution is -0.384. The van der Waals surface area contributed by atoms with E-state index >= 15 is 0 Å². The first-order valence-electron chi connectivity index (χ1n) is 5.08. The monoisotopic (exact) mass is 299 g/mol. The average Bonchev–Trinajstić information content (AvgIpc) is 2.36. The van der Waals surface area contributed by atoms with Crippen LogP contribution in [0.4, 0.5) is 5.69 Å². The van der Waals surface area contributed by atoms with Gasteiger partial charge in [-0.15, -0.1) is 0 Å². The highest BCUT2D eigenvalue weighted by Gasteiger charge is 2.12. The number of aromatic nitrogens is 2. The third-order valence-electron chi connectivity index (χ3n) is 2.26. The first-order valence-corrected chi connectivity index (χ1v) is 5.84. The first-order chi connectivity index (χ1) is 8.97. The van der Waals surface area contributed by atoms with Crippen LogP contribution in [-0.4, -0.2) is 14.9 Å². The summed E-state index contributed by atoms with van der Waals surface area (Å²) in [5, 5.41) is 10.8. The number of benzene rings is 1. The van der Waals surface area contributed by atoms with Crippen LogP contribution in [0.15, 0.2) is 24.4 Å². The van der Waals surface area contributed by atoms with Gasteiger partial charge in [-0.05, 0) is 30.2 Å². The molecule has 6 nitrogen and oxygen atoms in total. The third kappa shape index (κ3) is 3.10. The minimum Gasteiger partial charge on any atom is -0.437 e. The van der Waals surface area contributed by atoms with E-state index in [0.29, 0.717) is 11.3 Å². The van der Waals surface area contributed by atoms with Crippen molar-refractivity contribution >= 4 is 28.9 Å². The Morgan fingerprint density at radius 2 is 2.11 bits per heavy atom. The Morgan fingerprint density at radius 1 is 1.37 bits per heavy atom. The predicted octanol–water partition coefficient (Wildman–Crippen LogP) is 3.79. The van der Waals surface area contributed by atoms with Gasteiger partial charge in [-0.3, -0.25) is 10.1 Å². The standard InChI is InChI=1S/C11H7Cl2N3O3/c1-6-4-7(16(17)18)2-3-9(6)19-10-8(12)5-14-11(13)15-10/h2-5H,1H3. The quantitative estimate of drug-likeness (QED) is 0.489. The molecule has 0 atom stereocenters. The zero-order valence-electron chi connectivity index (χ0n) is 9.63. The molecule has 0 bridgehead atoms. The molecule has 0 radical (unpaired) electrons. The molecule has 19 heavy (non-hydrogen) atoms. The van der Waals surface area contributed by atoms with Gasteiger partial charge < -0.3 is 4.74 Å². The number of ether oxygens (including phenoxy) is 1. The van der Waals surface area contributed by atoms with Gasteiger partial charge in [-0.2, -0.15) is 4.98 Å². The molecule has 8 heteroatoms. The number of nitro groups is 1. The maximum absolute atomic E-state index is 10.6. The van der Waals surface area contributed by atoms with Gasteiger partial charge >= 0.3 is 0 Å². The highest BCUT2D eigenvalue weighted by Crippen LogP contribution is 2.31. The Kier molecular flexibility index (Phi) is 3.82. The molecule has 98 valence electrons. The van der Waals surface area contributed by atoms with Crippen LogP contribution >= 0.6 is 23.2 Å². The summed E-state index contributed by atoms with van der Waals surface area (Å²) in [6.07, 6.45) is 1.31. The van der Waals surface area contributed by atoms with Crippen molar-refractivity contribution in [2.45, 2.75) is 6.92 Å². The summed E-state index contributed by atoms with van der Waals surface area (Å²) >= 11 is 11.5. The number of non-ortho nitro benzene ring substituents is 1. The molecular weight excluding hydrogens is 293 g/mol. The fourth-order valence-electron chi connectivity index (χ4n) is 1.37. The van der Waals surface area contributed by atoms with Crippen LogP contribution < -0.4 is 4.74 Å². The van der Waals surface area contributed by atoms with Gasteiger partial charge in [0.25, 0.3) is 5.69 Å². The van der Waals surface area contributed by atoms with E-state index in [2.05, 4.69) is 9.97 Å². The second-order valence-electron chi connectivity index (χ2n) is 3.60. The fourth-order valence-corrected chi connectivity index (χ4v) is 1.62. The highest BCUT2D eigenvalue weighted by molar-refractivity contribution is 6.32. The van der Waals surface area contributed by atoms with Crippen LogP contribution in [0.25, 0.3) is 0 Å². The molecular formula is C11H7Cl2N3O3. The van der Waals surface area contributed by atoms with Crippen LogP contribution in [0.3, 0.4) is 0 Å². The number of halogens is 2. The van der Waals surface area contributed by atoms with Crippen molar-refractivity contribution in [3.8, 4) is 11.6 Å². The van der Waals surface area contributed by atoms with Gasteiger partial charge in [0.2, 0.25) is 11.2 Å². The van der Waals surface area contributed by atoms with Crippen LogP contribution in [0.2, 0.25) is 10.3 Å². The molecule has 0 spiro atoms. The molecule has 0 aliphatic rings. The molecule has 2 aromatic rings. The lowest BCUT2D eigenvalue weighted by Gasteiger charge is -2.08. The Morgan fingerprint density at radius 3 is 2.74 bits per heavy atom. The number of aryl methyl sites for hydroxylation is 1. The summed E-state index contributed by atoms with van der Waals surface area (Å²) in [4.78, 5) is 17.7. The Balaban J connectivity index is 2.33. The first kappa shape index (κ1) is 13.5. The number of rotatable bonds is 3. The number of nitro benzene ring substituents is 1. The molecule has 0 aliphatic carbocycles. The maximum atomic E-state index is 10.6. The molecule has 1 aromatic carbocycles. The molecule has 0 saturated heterocycles. The lowest BCUT2D eigenvalue weighted by Crippen LogP contribution is -1.94. The summed E-state index contributed by atoms with van der Waals surface area (Å²) in [5.74, 6) is 0.501. The van der Waals surface area contributed by atoms with E-state index in [4.69, 9.17) is 27.9 Å². The van der Waals surface area contributed by atoms with Gasteiger partial charge in [0.05, 0.1) is 11.1 Å². The Hall–Kier alpha value is -1.92.